The van der Waals surface area contributed by atoms with Crippen LogP contribution in [0.1, 0.15) is 6.92 Å². The molecule has 0 N–H and O–H groups in total. The molecule has 1 aromatic heterocycles. The van der Waals surface area contributed by atoms with E-state index in [0.29, 0.717) is 0 Å². The van der Waals surface area contributed by atoms with E-state index in [1.807, 2.05) is 65.6 Å². The monoisotopic (exact) mass is 520 g/mol. The summed E-state index contributed by atoms with van der Waals surface area (Å²) in [5.41, 5.74) is 8.10. The number of nitrogens with zero attached hydrogens (tertiary/aromatic N) is 2. The molecular weight excluding hydrogens is 496 g/mol. The summed E-state index contributed by atoms with van der Waals surface area (Å²) in [7, 11) is 0. The van der Waals surface area contributed by atoms with E-state index in [-0.39, 0.29) is 5.91 Å². The Kier molecular flexibility index (Phi) is 5.75. The smallest absolute Gasteiger partial charge is 0.228 e. The van der Waals surface area contributed by atoms with Crippen molar-refractivity contribution in [2.24, 2.45) is 0 Å². The molecule has 7 rings (SSSR count). The van der Waals surface area contributed by atoms with Crippen molar-refractivity contribution in [2.75, 3.05) is 4.90 Å². The second-order valence-electron chi connectivity index (χ2n) is 9.60. The van der Waals surface area contributed by atoms with E-state index < -0.39 is 0 Å². The van der Waals surface area contributed by atoms with E-state index in [1.165, 1.54) is 0 Å². The van der Waals surface area contributed by atoms with Gasteiger partial charge in [-0.3, -0.25) is 9.69 Å². The van der Waals surface area contributed by atoms with Crippen LogP contribution < -0.4 is 4.90 Å². The van der Waals surface area contributed by atoms with E-state index in [2.05, 4.69) is 66.7 Å². The van der Waals surface area contributed by atoms with Gasteiger partial charge in [0.25, 0.3) is 0 Å². The highest BCUT2D eigenvalue weighted by molar-refractivity contribution is 7.99. The quantitative estimate of drug-likeness (QED) is 0.233. The first kappa shape index (κ1) is 23.4. The number of anilines is 2. The number of amides is 1. The van der Waals surface area contributed by atoms with Crippen LogP contribution in [0.3, 0.4) is 0 Å². The van der Waals surface area contributed by atoms with Gasteiger partial charge < -0.3 is 0 Å². The summed E-state index contributed by atoms with van der Waals surface area (Å²) < 4.78 is 0. The van der Waals surface area contributed by atoms with Crippen LogP contribution in [-0.2, 0) is 4.79 Å². The summed E-state index contributed by atoms with van der Waals surface area (Å²) in [5, 5.41) is 2.16. The minimum absolute atomic E-state index is 0.00328. The first-order valence-corrected chi connectivity index (χ1v) is 13.8. The second-order valence-corrected chi connectivity index (χ2v) is 10.7. The molecule has 1 amide bonds. The third kappa shape index (κ3) is 4.10. The zero-order valence-electron chi connectivity index (χ0n) is 21.3. The van der Waals surface area contributed by atoms with Crippen LogP contribution in [0.15, 0.2) is 137 Å². The fourth-order valence-corrected chi connectivity index (χ4v) is 6.50. The molecule has 0 fully saturated rings. The van der Waals surface area contributed by atoms with E-state index in [4.69, 9.17) is 4.98 Å². The summed E-state index contributed by atoms with van der Waals surface area (Å²) in [4.78, 5) is 22.1. The van der Waals surface area contributed by atoms with Gasteiger partial charge in [-0.15, -0.1) is 0 Å². The van der Waals surface area contributed by atoms with Crippen molar-refractivity contribution in [3.8, 4) is 33.6 Å². The topological polar surface area (TPSA) is 33.2 Å². The summed E-state index contributed by atoms with van der Waals surface area (Å²) in [5.74, 6) is 0.00328. The average Bonchev–Trinajstić information content (AvgIpc) is 3.00. The number of carbonyl (C=O) groups is 1. The maximum Gasteiger partial charge on any atom is 0.228 e. The SMILES string of the molecule is CC(=O)N1c2ccccc2Sc2cc(-c3cc(-c4ccccc4)nc(-c4ccccc4)c3)c3ccccc3c21. The standard InChI is InChI=1S/C35H24N2OS/c1-23(38)37-32-18-10-11-19-33(32)39-34-22-29(27-16-8-9-17-28(27)35(34)37)26-20-30(24-12-4-2-5-13-24)36-31(21-26)25-14-6-3-7-15-25/h2-22H,1H3. The number of para-hydroxylation sites is 1. The van der Waals surface area contributed by atoms with Gasteiger partial charge in [-0.1, -0.05) is 109 Å². The summed E-state index contributed by atoms with van der Waals surface area (Å²) in [6.07, 6.45) is 0. The van der Waals surface area contributed by atoms with Crippen LogP contribution >= 0.6 is 11.8 Å². The molecule has 186 valence electrons. The zero-order valence-corrected chi connectivity index (χ0v) is 22.2. The number of rotatable bonds is 3. The molecule has 4 heteroatoms. The largest absolute Gasteiger partial charge is 0.278 e. The predicted octanol–water partition coefficient (Wildman–Crippen LogP) is 9.38. The second kappa shape index (κ2) is 9.57. The van der Waals surface area contributed by atoms with E-state index in [0.717, 1.165) is 65.6 Å². The number of aromatic nitrogens is 1. The molecule has 6 aromatic rings. The van der Waals surface area contributed by atoms with Crippen LogP contribution in [0.4, 0.5) is 11.4 Å². The van der Waals surface area contributed by atoms with Gasteiger partial charge in [0, 0.05) is 33.2 Å². The van der Waals surface area contributed by atoms with Gasteiger partial charge in [0.05, 0.1) is 22.8 Å². The molecule has 0 atom stereocenters. The number of hydrogen-bond acceptors (Lipinski definition) is 3. The van der Waals surface area contributed by atoms with E-state index in [9.17, 15) is 4.79 Å². The van der Waals surface area contributed by atoms with Gasteiger partial charge in [0.15, 0.2) is 0 Å². The number of benzene rings is 5. The lowest BCUT2D eigenvalue weighted by Gasteiger charge is -2.32. The van der Waals surface area contributed by atoms with Crippen LogP contribution in [0.2, 0.25) is 0 Å². The Morgan fingerprint density at radius 3 is 1.82 bits per heavy atom. The van der Waals surface area contributed by atoms with Gasteiger partial charge in [0.2, 0.25) is 5.91 Å². The molecule has 0 aliphatic carbocycles. The average molecular weight is 521 g/mol. The highest BCUT2D eigenvalue weighted by atomic mass is 32.2. The third-order valence-corrected chi connectivity index (χ3v) is 8.22. The van der Waals surface area contributed by atoms with Crippen molar-refractivity contribution in [2.45, 2.75) is 16.7 Å². The van der Waals surface area contributed by atoms with Crippen LogP contribution in [0, 0.1) is 0 Å². The maximum absolute atomic E-state index is 13.0. The molecule has 0 radical (unpaired) electrons. The van der Waals surface area contributed by atoms with Crippen LogP contribution in [0.25, 0.3) is 44.4 Å². The normalized spacial score (nSPS) is 12.2. The summed E-state index contributed by atoms with van der Waals surface area (Å²) in [6, 6.07) is 43.8. The Labute approximate surface area is 231 Å². The number of fused-ring (bicyclic) bond motifs is 4. The summed E-state index contributed by atoms with van der Waals surface area (Å²) >= 11 is 1.72. The van der Waals surface area contributed by atoms with Crippen molar-refractivity contribution in [3.05, 3.63) is 127 Å². The van der Waals surface area contributed by atoms with Crippen molar-refractivity contribution in [3.63, 3.8) is 0 Å². The molecule has 5 aromatic carbocycles. The van der Waals surface area contributed by atoms with Gasteiger partial charge in [0.1, 0.15) is 0 Å². The Morgan fingerprint density at radius 2 is 1.18 bits per heavy atom. The predicted molar refractivity (Wildman–Crippen MR) is 161 cm³/mol. The lowest BCUT2D eigenvalue weighted by molar-refractivity contribution is -0.115. The molecule has 39 heavy (non-hydrogen) atoms. The molecule has 0 bridgehead atoms. The first-order valence-electron chi connectivity index (χ1n) is 12.9. The minimum atomic E-state index is 0.00328. The molecule has 0 saturated heterocycles. The third-order valence-electron chi connectivity index (χ3n) is 7.12. The highest BCUT2D eigenvalue weighted by Gasteiger charge is 2.29. The first-order chi connectivity index (χ1) is 19.2. The molecule has 1 aliphatic heterocycles. The van der Waals surface area contributed by atoms with Crippen LogP contribution in [-0.4, -0.2) is 10.9 Å². The minimum Gasteiger partial charge on any atom is -0.278 e. The maximum atomic E-state index is 13.0. The van der Waals surface area contributed by atoms with Crippen LogP contribution in [0.5, 0.6) is 0 Å². The van der Waals surface area contributed by atoms with Crippen molar-refractivity contribution >= 4 is 39.8 Å². The zero-order chi connectivity index (χ0) is 26.3. The lowest BCUT2D eigenvalue weighted by atomic mass is 9.94. The van der Waals surface area contributed by atoms with Crippen molar-refractivity contribution < 1.29 is 4.79 Å². The Bertz CT molecular complexity index is 1810. The highest BCUT2D eigenvalue weighted by Crippen LogP contribution is 2.53. The Balaban J connectivity index is 1.51. The van der Waals surface area contributed by atoms with Gasteiger partial charge in [-0.05, 0) is 46.8 Å². The fraction of sp³-hybridized carbons (Fsp3) is 0.0286. The van der Waals surface area contributed by atoms with Gasteiger partial charge >= 0.3 is 0 Å². The number of carbonyl (C=O) groups excluding carboxylic acids is 1. The van der Waals surface area contributed by atoms with Crippen molar-refractivity contribution in [1.29, 1.82) is 0 Å². The van der Waals surface area contributed by atoms with Crippen molar-refractivity contribution in [1.82, 2.24) is 4.98 Å². The van der Waals surface area contributed by atoms with Gasteiger partial charge in [-0.25, -0.2) is 4.98 Å². The molecule has 1 aliphatic rings. The Morgan fingerprint density at radius 1 is 0.615 bits per heavy atom. The molecule has 0 saturated carbocycles. The van der Waals surface area contributed by atoms with E-state index >= 15 is 0 Å². The molecule has 0 unspecified atom stereocenters. The molecule has 2 heterocycles. The number of pyridine rings is 1. The molecule has 3 nitrogen and oxygen atoms in total. The van der Waals surface area contributed by atoms with Gasteiger partial charge in [-0.2, -0.15) is 0 Å². The summed E-state index contributed by atoms with van der Waals surface area (Å²) in [6.45, 7) is 1.64. The number of hydrogen-bond donors (Lipinski definition) is 0. The molecular formula is C35H24N2OS. The fourth-order valence-electron chi connectivity index (χ4n) is 5.38. The Hall–Kier alpha value is -4.67. The van der Waals surface area contributed by atoms with E-state index in [1.54, 1.807) is 18.7 Å². The lowest BCUT2D eigenvalue weighted by Crippen LogP contribution is -2.26. The molecule has 0 spiro atoms.